The highest BCUT2D eigenvalue weighted by Crippen LogP contribution is 2.23. The van der Waals surface area contributed by atoms with E-state index in [0.717, 1.165) is 6.26 Å². The fraction of sp³-hybridized carbons (Fsp3) is 0.235. The molecule has 0 aromatic heterocycles. The molecule has 0 atom stereocenters. The van der Waals surface area contributed by atoms with Crippen LogP contribution in [-0.2, 0) is 21.2 Å². The number of hydrogen-bond donors (Lipinski definition) is 2. The van der Waals surface area contributed by atoms with Gasteiger partial charge < -0.3 is 10.1 Å². The first-order valence-electron chi connectivity index (χ1n) is 7.47. The summed E-state index contributed by atoms with van der Waals surface area (Å²) in [5, 5.41) is 2.66. The molecule has 0 radical (unpaired) electrons. The van der Waals surface area contributed by atoms with Crippen LogP contribution >= 0.6 is 0 Å². The van der Waals surface area contributed by atoms with Crippen molar-refractivity contribution in [3.63, 3.8) is 0 Å². The number of carbonyl (C=O) groups excluding carboxylic acids is 1. The lowest BCUT2D eigenvalue weighted by Crippen LogP contribution is -2.16. The molecular formula is C17H19FN2O4S. The second-order valence-corrected chi connectivity index (χ2v) is 7.19. The van der Waals surface area contributed by atoms with E-state index >= 15 is 0 Å². The minimum Gasteiger partial charge on any atom is -0.494 e. The Hall–Kier alpha value is -2.61. The molecule has 1 amide bonds. The molecule has 0 spiro atoms. The Morgan fingerprint density at radius 2 is 1.84 bits per heavy atom. The maximum atomic E-state index is 13.6. The number of aryl methyl sites for hydroxylation is 1. The van der Waals surface area contributed by atoms with Gasteiger partial charge in [0, 0.05) is 6.42 Å². The van der Waals surface area contributed by atoms with E-state index in [2.05, 4.69) is 10.0 Å². The number of benzene rings is 2. The third-order valence-electron chi connectivity index (χ3n) is 3.35. The summed E-state index contributed by atoms with van der Waals surface area (Å²) in [6.07, 6.45) is 1.50. The van der Waals surface area contributed by atoms with E-state index in [4.69, 9.17) is 4.74 Å². The fourth-order valence-electron chi connectivity index (χ4n) is 2.22. The molecule has 0 unspecified atom stereocenters. The second-order valence-electron chi connectivity index (χ2n) is 5.44. The minimum absolute atomic E-state index is 0.124. The predicted molar refractivity (Wildman–Crippen MR) is 94.8 cm³/mol. The van der Waals surface area contributed by atoms with Crippen LogP contribution in [0.3, 0.4) is 0 Å². The highest BCUT2D eigenvalue weighted by atomic mass is 32.2. The predicted octanol–water partition coefficient (Wildman–Crippen LogP) is 2.78. The molecule has 25 heavy (non-hydrogen) atoms. The molecule has 134 valence electrons. The van der Waals surface area contributed by atoms with Crippen molar-refractivity contribution < 1.29 is 22.3 Å². The van der Waals surface area contributed by atoms with Gasteiger partial charge in [0.1, 0.15) is 0 Å². The van der Waals surface area contributed by atoms with E-state index in [1.54, 1.807) is 30.3 Å². The molecule has 0 bridgehead atoms. The van der Waals surface area contributed by atoms with E-state index in [-0.39, 0.29) is 23.8 Å². The topological polar surface area (TPSA) is 84.5 Å². The Balaban J connectivity index is 2.00. The molecule has 8 heteroatoms. The molecule has 2 rings (SSSR count). The number of rotatable bonds is 7. The van der Waals surface area contributed by atoms with Crippen LogP contribution in [0.5, 0.6) is 5.75 Å². The molecule has 0 saturated heterocycles. The van der Waals surface area contributed by atoms with Gasteiger partial charge in [-0.1, -0.05) is 18.2 Å². The van der Waals surface area contributed by atoms with Crippen molar-refractivity contribution in [2.75, 3.05) is 23.4 Å². The lowest BCUT2D eigenvalue weighted by molar-refractivity contribution is -0.116. The van der Waals surface area contributed by atoms with E-state index in [1.165, 1.54) is 19.2 Å². The van der Waals surface area contributed by atoms with Crippen LogP contribution in [-0.4, -0.2) is 27.7 Å². The normalized spacial score (nSPS) is 11.0. The maximum Gasteiger partial charge on any atom is 0.229 e. The minimum atomic E-state index is -3.46. The summed E-state index contributed by atoms with van der Waals surface area (Å²) in [4.78, 5) is 12.1. The SMILES string of the molecule is COc1ccc(CCC(=O)Nc2ccccc2NS(C)(=O)=O)cc1F. The van der Waals surface area contributed by atoms with E-state index in [0.29, 0.717) is 17.7 Å². The van der Waals surface area contributed by atoms with Gasteiger partial charge >= 0.3 is 0 Å². The van der Waals surface area contributed by atoms with Gasteiger partial charge in [-0.2, -0.15) is 0 Å². The highest BCUT2D eigenvalue weighted by Gasteiger charge is 2.11. The summed E-state index contributed by atoms with van der Waals surface area (Å²) in [7, 11) is -2.07. The van der Waals surface area contributed by atoms with E-state index in [1.807, 2.05) is 0 Å². The van der Waals surface area contributed by atoms with Gasteiger partial charge in [-0.3, -0.25) is 9.52 Å². The summed E-state index contributed by atoms with van der Waals surface area (Å²) in [6, 6.07) is 11.0. The lowest BCUT2D eigenvalue weighted by atomic mass is 10.1. The van der Waals surface area contributed by atoms with Crippen molar-refractivity contribution in [2.24, 2.45) is 0 Å². The molecule has 6 nitrogen and oxygen atoms in total. The first-order valence-corrected chi connectivity index (χ1v) is 9.37. The first-order chi connectivity index (χ1) is 11.8. The van der Waals surface area contributed by atoms with Crippen LogP contribution in [0.4, 0.5) is 15.8 Å². The van der Waals surface area contributed by atoms with Crippen molar-refractivity contribution >= 4 is 27.3 Å². The second kappa shape index (κ2) is 7.98. The smallest absolute Gasteiger partial charge is 0.229 e. The molecule has 0 fully saturated rings. The molecule has 0 aliphatic carbocycles. The Labute approximate surface area is 146 Å². The molecule has 2 N–H and O–H groups in total. The van der Waals surface area contributed by atoms with Crippen LogP contribution in [0.2, 0.25) is 0 Å². The van der Waals surface area contributed by atoms with Crippen LogP contribution in [0, 0.1) is 5.82 Å². The number of sulfonamides is 1. The highest BCUT2D eigenvalue weighted by molar-refractivity contribution is 7.92. The van der Waals surface area contributed by atoms with Crippen LogP contribution in [0.25, 0.3) is 0 Å². The lowest BCUT2D eigenvalue weighted by Gasteiger charge is -2.12. The number of hydrogen-bond acceptors (Lipinski definition) is 4. The standard InChI is InChI=1S/C17H19FN2O4S/c1-24-16-9-7-12(11-13(16)18)8-10-17(21)19-14-5-3-4-6-15(14)20-25(2,22)23/h3-7,9,11,20H,8,10H2,1-2H3,(H,19,21). The first kappa shape index (κ1) is 18.7. The number of ether oxygens (including phenoxy) is 1. The summed E-state index contributed by atoms with van der Waals surface area (Å²) in [6.45, 7) is 0. The van der Waals surface area contributed by atoms with Crippen LogP contribution < -0.4 is 14.8 Å². The Morgan fingerprint density at radius 3 is 2.44 bits per heavy atom. The monoisotopic (exact) mass is 366 g/mol. The van der Waals surface area contributed by atoms with Gasteiger partial charge in [0.2, 0.25) is 15.9 Å². The van der Waals surface area contributed by atoms with Crippen molar-refractivity contribution in [1.29, 1.82) is 0 Å². The molecule has 0 heterocycles. The summed E-state index contributed by atoms with van der Waals surface area (Å²) < 4.78 is 43.6. The largest absolute Gasteiger partial charge is 0.494 e. The summed E-state index contributed by atoms with van der Waals surface area (Å²) in [5.74, 6) is -0.643. The van der Waals surface area contributed by atoms with Gasteiger partial charge in [0.25, 0.3) is 0 Å². The zero-order chi connectivity index (χ0) is 18.4. The Kier molecular flexibility index (Phi) is 5.97. The maximum absolute atomic E-state index is 13.6. The number of amides is 1. The van der Waals surface area contributed by atoms with E-state index < -0.39 is 15.8 Å². The van der Waals surface area contributed by atoms with Crippen molar-refractivity contribution in [3.8, 4) is 5.75 Å². The fourth-order valence-corrected chi connectivity index (χ4v) is 2.79. The van der Waals surface area contributed by atoms with Gasteiger partial charge in [0.05, 0.1) is 24.7 Å². The summed E-state index contributed by atoms with van der Waals surface area (Å²) in [5.41, 5.74) is 1.31. The zero-order valence-corrected chi connectivity index (χ0v) is 14.7. The number of carbonyl (C=O) groups is 1. The third-order valence-corrected chi connectivity index (χ3v) is 3.94. The Bertz CT molecular complexity index is 869. The zero-order valence-electron chi connectivity index (χ0n) is 13.9. The molecule has 2 aromatic rings. The number of nitrogens with one attached hydrogen (secondary N) is 2. The number of methoxy groups -OCH3 is 1. The molecule has 2 aromatic carbocycles. The van der Waals surface area contributed by atoms with Gasteiger partial charge in [0.15, 0.2) is 11.6 Å². The molecule has 0 saturated carbocycles. The number of anilines is 2. The Morgan fingerprint density at radius 1 is 1.16 bits per heavy atom. The number of para-hydroxylation sites is 2. The molecule has 0 aliphatic rings. The van der Waals surface area contributed by atoms with Crippen LogP contribution in [0.15, 0.2) is 42.5 Å². The quantitative estimate of drug-likeness (QED) is 0.789. The average molecular weight is 366 g/mol. The van der Waals surface area contributed by atoms with Gasteiger partial charge in [-0.25, -0.2) is 12.8 Å². The summed E-state index contributed by atoms with van der Waals surface area (Å²) >= 11 is 0. The molecule has 0 aliphatic heterocycles. The third kappa shape index (κ3) is 5.75. The van der Waals surface area contributed by atoms with Gasteiger partial charge in [-0.05, 0) is 36.2 Å². The average Bonchev–Trinajstić information content (AvgIpc) is 2.53. The molecular weight excluding hydrogens is 347 g/mol. The van der Waals surface area contributed by atoms with Crippen LogP contribution in [0.1, 0.15) is 12.0 Å². The number of halogens is 1. The van der Waals surface area contributed by atoms with Gasteiger partial charge in [-0.15, -0.1) is 0 Å². The van der Waals surface area contributed by atoms with Crippen molar-refractivity contribution in [1.82, 2.24) is 0 Å². The van der Waals surface area contributed by atoms with Crippen molar-refractivity contribution in [3.05, 3.63) is 53.8 Å². The van der Waals surface area contributed by atoms with Crippen molar-refractivity contribution in [2.45, 2.75) is 12.8 Å². The van der Waals surface area contributed by atoms with E-state index in [9.17, 15) is 17.6 Å².